The smallest absolute Gasteiger partial charge is 0.164 e. The van der Waals surface area contributed by atoms with Gasteiger partial charge in [0.15, 0.2) is 11.7 Å². The molecule has 106 valence electrons. The van der Waals surface area contributed by atoms with Crippen molar-refractivity contribution < 1.29 is 0 Å². The van der Waals surface area contributed by atoms with Crippen LogP contribution >= 0.6 is 0 Å². The Morgan fingerprint density at radius 2 is 1.45 bits per heavy atom. The van der Waals surface area contributed by atoms with Crippen molar-refractivity contribution in [2.45, 2.75) is 0 Å². The lowest BCUT2D eigenvalue weighted by Gasteiger charge is -2.11. The molecule has 2 aromatic carbocycles. The number of hydrogen-bond donors (Lipinski definition) is 2. The van der Waals surface area contributed by atoms with Crippen LogP contribution < -0.4 is 0 Å². The molecule has 2 aliphatic rings. The molecule has 4 rings (SSSR count). The second kappa shape index (κ2) is 4.46. The molecule has 0 spiro atoms. The summed E-state index contributed by atoms with van der Waals surface area (Å²) < 4.78 is 0. The van der Waals surface area contributed by atoms with Crippen molar-refractivity contribution in [1.82, 2.24) is 4.90 Å². The summed E-state index contributed by atoms with van der Waals surface area (Å²) >= 11 is 0. The first kappa shape index (κ1) is 12.6. The van der Waals surface area contributed by atoms with Gasteiger partial charge in [-0.2, -0.15) is 0 Å². The number of nitrogens with one attached hydrogen (secondary N) is 2. The highest BCUT2D eigenvalue weighted by Crippen LogP contribution is 2.24. The minimum Gasteiger partial charge on any atom is -0.314 e. The van der Waals surface area contributed by atoms with Gasteiger partial charge < -0.3 is 4.90 Å². The SMILES string of the molecule is CN1C(=N)c2ccccc2C1=NC1=NC(=N)c2ccccc21. The van der Waals surface area contributed by atoms with Crippen molar-refractivity contribution in [3.05, 3.63) is 70.8 Å². The minimum atomic E-state index is 0.235. The Morgan fingerprint density at radius 3 is 2.18 bits per heavy atom. The maximum atomic E-state index is 8.19. The fraction of sp³-hybridized carbons (Fsp3) is 0.0588. The summed E-state index contributed by atoms with van der Waals surface area (Å²) in [6.07, 6.45) is 0. The molecule has 2 N–H and O–H groups in total. The molecule has 5 heteroatoms. The lowest BCUT2D eigenvalue weighted by Crippen LogP contribution is -2.26. The van der Waals surface area contributed by atoms with E-state index in [1.165, 1.54) is 0 Å². The van der Waals surface area contributed by atoms with Crippen LogP contribution in [0.2, 0.25) is 0 Å². The van der Waals surface area contributed by atoms with Crippen molar-refractivity contribution in [2.75, 3.05) is 7.05 Å². The molecule has 0 atom stereocenters. The highest BCUT2D eigenvalue weighted by molar-refractivity contribution is 6.29. The molecular weight excluding hydrogens is 274 g/mol. The second-order valence-corrected chi connectivity index (χ2v) is 5.22. The van der Waals surface area contributed by atoms with Crippen LogP contribution in [0.4, 0.5) is 0 Å². The van der Waals surface area contributed by atoms with Crippen LogP contribution in [0.25, 0.3) is 0 Å². The lowest BCUT2D eigenvalue weighted by atomic mass is 10.1. The van der Waals surface area contributed by atoms with Crippen LogP contribution in [0.15, 0.2) is 58.5 Å². The molecular formula is C17H13N5. The highest BCUT2D eigenvalue weighted by atomic mass is 15.2. The molecule has 0 aliphatic carbocycles. The second-order valence-electron chi connectivity index (χ2n) is 5.22. The molecule has 0 bridgehead atoms. The van der Waals surface area contributed by atoms with Crippen LogP contribution in [0.5, 0.6) is 0 Å². The third-order valence-electron chi connectivity index (χ3n) is 3.93. The lowest BCUT2D eigenvalue weighted by molar-refractivity contribution is 0.766. The van der Waals surface area contributed by atoms with E-state index in [1.807, 2.05) is 55.6 Å². The summed E-state index contributed by atoms with van der Waals surface area (Å²) in [5.74, 6) is 1.89. The Bertz CT molecular complexity index is 891. The molecule has 2 aliphatic heterocycles. The molecule has 2 heterocycles. The maximum absolute atomic E-state index is 8.19. The standard InChI is InChI=1S/C17H13N5/c1-22-15(19)11-7-3-5-9-13(11)17(22)21-16-12-8-4-2-6-10(12)14(18)20-16/h2-9,18-19H,1H3. The van der Waals surface area contributed by atoms with Gasteiger partial charge in [-0.3, -0.25) is 10.8 Å². The van der Waals surface area contributed by atoms with E-state index in [9.17, 15) is 0 Å². The van der Waals surface area contributed by atoms with Gasteiger partial charge >= 0.3 is 0 Å². The van der Waals surface area contributed by atoms with Gasteiger partial charge in [-0.1, -0.05) is 48.5 Å². The molecule has 0 unspecified atom stereocenters. The Morgan fingerprint density at radius 1 is 0.864 bits per heavy atom. The summed E-state index contributed by atoms with van der Waals surface area (Å²) in [5, 5.41) is 16.1. The van der Waals surface area contributed by atoms with Crippen molar-refractivity contribution in [2.24, 2.45) is 9.98 Å². The summed E-state index contributed by atoms with van der Waals surface area (Å²) in [6, 6.07) is 15.3. The van der Waals surface area contributed by atoms with Crippen LogP contribution in [-0.2, 0) is 0 Å². The van der Waals surface area contributed by atoms with Crippen molar-refractivity contribution in [3.63, 3.8) is 0 Å². The van der Waals surface area contributed by atoms with Crippen molar-refractivity contribution >= 4 is 23.3 Å². The largest absolute Gasteiger partial charge is 0.314 e. The monoisotopic (exact) mass is 287 g/mol. The fourth-order valence-electron chi connectivity index (χ4n) is 2.78. The zero-order valence-electron chi connectivity index (χ0n) is 12.0. The average molecular weight is 287 g/mol. The van der Waals surface area contributed by atoms with E-state index < -0.39 is 0 Å². The van der Waals surface area contributed by atoms with E-state index in [2.05, 4.69) is 9.98 Å². The summed E-state index contributed by atoms with van der Waals surface area (Å²) in [5.41, 5.74) is 3.45. The van der Waals surface area contributed by atoms with Crippen LogP contribution in [-0.4, -0.2) is 35.3 Å². The Balaban J connectivity index is 1.87. The normalized spacial score (nSPS) is 17.8. The number of rotatable bonds is 0. The van der Waals surface area contributed by atoms with Crippen LogP contribution in [0, 0.1) is 10.8 Å². The van der Waals surface area contributed by atoms with Crippen LogP contribution in [0.1, 0.15) is 22.3 Å². The molecule has 2 aromatic rings. The average Bonchev–Trinajstić information content (AvgIpc) is 2.99. The molecule has 0 saturated heterocycles. The predicted molar refractivity (Wildman–Crippen MR) is 87.4 cm³/mol. The Kier molecular flexibility index (Phi) is 2.56. The number of aliphatic imine (C=N–C) groups is 2. The molecule has 0 saturated carbocycles. The Labute approximate surface area is 127 Å². The number of amidine groups is 4. The molecule has 0 aromatic heterocycles. The van der Waals surface area contributed by atoms with Gasteiger partial charge in [0.1, 0.15) is 11.7 Å². The van der Waals surface area contributed by atoms with Gasteiger partial charge in [0.2, 0.25) is 0 Å². The first-order valence-corrected chi connectivity index (χ1v) is 6.94. The van der Waals surface area contributed by atoms with Crippen molar-refractivity contribution in [3.8, 4) is 0 Å². The van der Waals surface area contributed by atoms with Gasteiger partial charge in [0.25, 0.3) is 0 Å². The molecule has 22 heavy (non-hydrogen) atoms. The van der Waals surface area contributed by atoms with E-state index in [-0.39, 0.29) is 5.84 Å². The zero-order valence-corrected chi connectivity index (χ0v) is 12.0. The zero-order chi connectivity index (χ0) is 15.3. The van der Waals surface area contributed by atoms with E-state index in [0.29, 0.717) is 17.5 Å². The van der Waals surface area contributed by atoms with Gasteiger partial charge in [0, 0.05) is 29.3 Å². The number of benzene rings is 2. The van der Waals surface area contributed by atoms with Crippen molar-refractivity contribution in [1.29, 1.82) is 10.8 Å². The summed E-state index contributed by atoms with van der Waals surface area (Å²) in [4.78, 5) is 10.7. The Hall–Kier alpha value is -3.08. The topological polar surface area (TPSA) is 75.7 Å². The summed E-state index contributed by atoms with van der Waals surface area (Å²) in [6.45, 7) is 0. The summed E-state index contributed by atoms with van der Waals surface area (Å²) in [7, 11) is 1.83. The quantitative estimate of drug-likeness (QED) is 0.767. The predicted octanol–water partition coefficient (Wildman–Crippen LogP) is 2.49. The first-order valence-electron chi connectivity index (χ1n) is 6.94. The number of nitrogens with zero attached hydrogens (tertiary/aromatic N) is 3. The first-order chi connectivity index (χ1) is 10.7. The molecule has 0 fully saturated rings. The van der Waals surface area contributed by atoms with E-state index in [0.717, 1.165) is 22.3 Å². The van der Waals surface area contributed by atoms with E-state index in [4.69, 9.17) is 10.8 Å². The maximum Gasteiger partial charge on any atom is 0.164 e. The highest BCUT2D eigenvalue weighted by Gasteiger charge is 2.29. The van der Waals surface area contributed by atoms with Gasteiger partial charge in [0.05, 0.1) is 0 Å². The fourth-order valence-corrected chi connectivity index (χ4v) is 2.78. The molecule has 5 nitrogen and oxygen atoms in total. The third kappa shape index (κ3) is 1.65. The van der Waals surface area contributed by atoms with Gasteiger partial charge in [-0.05, 0) is 0 Å². The minimum absolute atomic E-state index is 0.235. The number of fused-ring (bicyclic) bond motifs is 2. The van der Waals surface area contributed by atoms with Gasteiger partial charge in [-0.15, -0.1) is 0 Å². The number of hydrogen-bond acceptors (Lipinski definition) is 3. The van der Waals surface area contributed by atoms with E-state index >= 15 is 0 Å². The third-order valence-corrected chi connectivity index (χ3v) is 3.93. The van der Waals surface area contributed by atoms with Gasteiger partial charge in [-0.25, -0.2) is 9.98 Å². The molecule has 0 amide bonds. The van der Waals surface area contributed by atoms with Crippen LogP contribution in [0.3, 0.4) is 0 Å². The molecule has 0 radical (unpaired) electrons. The van der Waals surface area contributed by atoms with E-state index in [1.54, 1.807) is 4.90 Å².